The lowest BCUT2D eigenvalue weighted by Crippen LogP contribution is -2.50. The summed E-state index contributed by atoms with van der Waals surface area (Å²) in [4.78, 5) is 16.5. The number of anilines is 2. The molecular weight excluding hydrogens is 342 g/mol. The fourth-order valence-electron chi connectivity index (χ4n) is 2.56. The maximum Gasteiger partial charge on any atom is 0.321 e. The zero-order chi connectivity index (χ0) is 15.4. The highest BCUT2D eigenvalue weighted by Crippen LogP contribution is 2.22. The second-order valence-corrected chi connectivity index (χ2v) is 6.07. The van der Waals surface area contributed by atoms with Crippen molar-refractivity contribution in [1.82, 2.24) is 4.90 Å². The third-order valence-electron chi connectivity index (χ3n) is 3.80. The average Bonchev–Trinajstić information content (AvgIpc) is 2.58. The molecule has 22 heavy (non-hydrogen) atoms. The predicted molar refractivity (Wildman–Crippen MR) is 93.4 cm³/mol. The number of urea groups is 1. The number of hydrogen-bond donors (Lipinski definition) is 1. The van der Waals surface area contributed by atoms with Crippen LogP contribution in [0.15, 0.2) is 59.1 Å². The van der Waals surface area contributed by atoms with Crippen LogP contribution < -0.4 is 10.2 Å². The van der Waals surface area contributed by atoms with Gasteiger partial charge in [0.1, 0.15) is 0 Å². The summed E-state index contributed by atoms with van der Waals surface area (Å²) in [5.74, 6) is 0. The van der Waals surface area contributed by atoms with Gasteiger partial charge in [0.05, 0.1) is 5.69 Å². The molecule has 0 aliphatic carbocycles. The van der Waals surface area contributed by atoms with Crippen molar-refractivity contribution in [2.45, 2.75) is 0 Å². The van der Waals surface area contributed by atoms with Gasteiger partial charge in [-0.05, 0) is 40.2 Å². The molecule has 3 rings (SSSR count). The molecule has 114 valence electrons. The molecule has 0 bridgehead atoms. The summed E-state index contributed by atoms with van der Waals surface area (Å²) < 4.78 is 0.895. The van der Waals surface area contributed by atoms with E-state index in [4.69, 9.17) is 0 Å². The predicted octanol–water partition coefficient (Wildman–Crippen LogP) is 3.80. The summed E-state index contributed by atoms with van der Waals surface area (Å²) in [5.41, 5.74) is 2.02. The summed E-state index contributed by atoms with van der Waals surface area (Å²) in [6.45, 7) is 3.16. The lowest BCUT2D eigenvalue weighted by atomic mass is 10.2. The maximum absolute atomic E-state index is 12.3. The van der Waals surface area contributed by atoms with Crippen LogP contribution in [-0.2, 0) is 0 Å². The Labute approximate surface area is 138 Å². The van der Waals surface area contributed by atoms with E-state index in [1.165, 1.54) is 5.69 Å². The molecule has 0 atom stereocenters. The molecule has 1 heterocycles. The van der Waals surface area contributed by atoms with Crippen molar-refractivity contribution in [2.75, 3.05) is 36.4 Å². The molecule has 0 saturated carbocycles. The summed E-state index contributed by atoms with van der Waals surface area (Å²) in [7, 11) is 0. The largest absolute Gasteiger partial charge is 0.368 e. The first-order valence-electron chi connectivity index (χ1n) is 7.34. The van der Waals surface area contributed by atoms with Crippen molar-refractivity contribution in [3.63, 3.8) is 0 Å². The van der Waals surface area contributed by atoms with Gasteiger partial charge in [0, 0.05) is 36.3 Å². The zero-order valence-corrected chi connectivity index (χ0v) is 13.8. The molecule has 1 N–H and O–H groups in total. The Morgan fingerprint density at radius 3 is 2.23 bits per heavy atom. The standard InChI is InChI=1S/C17H18BrN3O/c18-15-8-4-5-9-16(15)19-17(22)21-12-10-20(11-13-21)14-6-2-1-3-7-14/h1-9H,10-13H2,(H,19,22). The number of nitrogens with one attached hydrogen (secondary N) is 1. The highest BCUT2D eigenvalue weighted by atomic mass is 79.9. The Kier molecular flexibility index (Phi) is 4.63. The van der Waals surface area contributed by atoms with E-state index in [9.17, 15) is 4.79 Å². The van der Waals surface area contributed by atoms with Gasteiger partial charge in [0.25, 0.3) is 0 Å². The highest BCUT2D eigenvalue weighted by molar-refractivity contribution is 9.10. The molecule has 0 unspecified atom stereocenters. The van der Waals surface area contributed by atoms with Gasteiger partial charge in [-0.25, -0.2) is 4.79 Å². The number of rotatable bonds is 2. The van der Waals surface area contributed by atoms with Gasteiger partial charge in [-0.15, -0.1) is 0 Å². The summed E-state index contributed by atoms with van der Waals surface area (Å²) in [6, 6.07) is 17.9. The van der Waals surface area contributed by atoms with Crippen LogP contribution in [0.4, 0.5) is 16.2 Å². The minimum atomic E-state index is -0.0420. The van der Waals surface area contributed by atoms with Crippen molar-refractivity contribution >= 4 is 33.3 Å². The topological polar surface area (TPSA) is 35.6 Å². The molecule has 2 amide bonds. The van der Waals surface area contributed by atoms with Gasteiger partial charge < -0.3 is 15.1 Å². The van der Waals surface area contributed by atoms with Crippen LogP contribution >= 0.6 is 15.9 Å². The average molecular weight is 360 g/mol. The van der Waals surface area contributed by atoms with Gasteiger partial charge in [0.2, 0.25) is 0 Å². The van der Waals surface area contributed by atoms with E-state index >= 15 is 0 Å². The van der Waals surface area contributed by atoms with Crippen molar-refractivity contribution in [1.29, 1.82) is 0 Å². The highest BCUT2D eigenvalue weighted by Gasteiger charge is 2.21. The van der Waals surface area contributed by atoms with Crippen molar-refractivity contribution < 1.29 is 4.79 Å². The Morgan fingerprint density at radius 1 is 0.909 bits per heavy atom. The van der Waals surface area contributed by atoms with Crippen molar-refractivity contribution in [3.05, 3.63) is 59.1 Å². The molecule has 0 spiro atoms. The van der Waals surface area contributed by atoms with E-state index in [1.807, 2.05) is 47.4 Å². The smallest absolute Gasteiger partial charge is 0.321 e. The Bertz CT molecular complexity index is 639. The normalized spacial score (nSPS) is 14.8. The van der Waals surface area contributed by atoms with E-state index in [-0.39, 0.29) is 6.03 Å². The summed E-state index contributed by atoms with van der Waals surface area (Å²) in [6.07, 6.45) is 0. The van der Waals surface area contributed by atoms with Gasteiger partial charge in [-0.3, -0.25) is 0 Å². The number of benzene rings is 2. The summed E-state index contributed by atoms with van der Waals surface area (Å²) >= 11 is 3.45. The van der Waals surface area contributed by atoms with E-state index in [2.05, 4.69) is 38.3 Å². The van der Waals surface area contributed by atoms with E-state index in [1.54, 1.807) is 0 Å². The molecule has 1 aliphatic rings. The molecular formula is C17H18BrN3O. The molecule has 2 aromatic rings. The minimum absolute atomic E-state index is 0.0420. The second-order valence-electron chi connectivity index (χ2n) is 5.22. The molecule has 1 aliphatic heterocycles. The van der Waals surface area contributed by atoms with Crippen LogP contribution in [0, 0.1) is 0 Å². The first-order valence-corrected chi connectivity index (χ1v) is 8.14. The van der Waals surface area contributed by atoms with Crippen LogP contribution in [-0.4, -0.2) is 37.1 Å². The molecule has 5 heteroatoms. The number of amides is 2. The Balaban J connectivity index is 1.57. The van der Waals surface area contributed by atoms with E-state index < -0.39 is 0 Å². The third-order valence-corrected chi connectivity index (χ3v) is 4.50. The fraction of sp³-hybridized carbons (Fsp3) is 0.235. The zero-order valence-electron chi connectivity index (χ0n) is 12.2. The minimum Gasteiger partial charge on any atom is -0.368 e. The monoisotopic (exact) mass is 359 g/mol. The number of hydrogen-bond acceptors (Lipinski definition) is 2. The van der Waals surface area contributed by atoms with Gasteiger partial charge in [-0.2, -0.15) is 0 Å². The lowest BCUT2D eigenvalue weighted by molar-refractivity contribution is 0.208. The number of carbonyl (C=O) groups excluding carboxylic acids is 1. The van der Waals surface area contributed by atoms with Crippen molar-refractivity contribution in [2.24, 2.45) is 0 Å². The number of halogens is 1. The third kappa shape index (κ3) is 3.42. The first-order chi connectivity index (χ1) is 10.7. The van der Waals surface area contributed by atoms with Gasteiger partial charge >= 0.3 is 6.03 Å². The van der Waals surface area contributed by atoms with Gasteiger partial charge in [-0.1, -0.05) is 30.3 Å². The molecule has 0 radical (unpaired) electrons. The molecule has 1 fully saturated rings. The van der Waals surface area contributed by atoms with E-state index in [0.717, 1.165) is 36.3 Å². The Hall–Kier alpha value is -2.01. The maximum atomic E-state index is 12.3. The number of carbonyl (C=O) groups is 1. The van der Waals surface area contributed by atoms with Crippen LogP contribution in [0.2, 0.25) is 0 Å². The molecule has 1 saturated heterocycles. The summed E-state index contributed by atoms with van der Waals surface area (Å²) in [5, 5.41) is 2.96. The SMILES string of the molecule is O=C(Nc1ccccc1Br)N1CCN(c2ccccc2)CC1. The second kappa shape index (κ2) is 6.83. The molecule has 0 aromatic heterocycles. The van der Waals surface area contributed by atoms with Crippen LogP contribution in [0.25, 0.3) is 0 Å². The molecule has 2 aromatic carbocycles. The lowest BCUT2D eigenvalue weighted by Gasteiger charge is -2.36. The number of piperazine rings is 1. The van der Waals surface area contributed by atoms with Crippen LogP contribution in [0.1, 0.15) is 0 Å². The van der Waals surface area contributed by atoms with Crippen LogP contribution in [0.3, 0.4) is 0 Å². The number of nitrogens with zero attached hydrogens (tertiary/aromatic N) is 2. The van der Waals surface area contributed by atoms with E-state index in [0.29, 0.717) is 0 Å². The number of para-hydroxylation sites is 2. The fourth-order valence-corrected chi connectivity index (χ4v) is 2.95. The van der Waals surface area contributed by atoms with Gasteiger partial charge in [0.15, 0.2) is 0 Å². The quantitative estimate of drug-likeness (QED) is 0.884. The molecule has 4 nitrogen and oxygen atoms in total. The van der Waals surface area contributed by atoms with Crippen LogP contribution in [0.5, 0.6) is 0 Å². The Morgan fingerprint density at radius 2 is 1.55 bits per heavy atom. The first kappa shape index (κ1) is 14.9. The van der Waals surface area contributed by atoms with Crippen molar-refractivity contribution in [3.8, 4) is 0 Å².